The molecule has 0 spiro atoms. The standard InChI is InChI=1S/C19H19N3S/c1-14(2)20-21-19-22(3)17(15-10-6-4-7-11-15)18(23-19)16-12-8-5-9-13-16/h4-13H,1-3H3/b21-19-. The fourth-order valence-electron chi connectivity index (χ4n) is 2.39. The van der Waals surface area contributed by atoms with Crippen molar-refractivity contribution in [2.24, 2.45) is 17.3 Å². The van der Waals surface area contributed by atoms with Crippen LogP contribution >= 0.6 is 11.3 Å². The Balaban J connectivity index is 2.28. The van der Waals surface area contributed by atoms with E-state index in [0.29, 0.717) is 0 Å². The molecule has 0 radical (unpaired) electrons. The van der Waals surface area contributed by atoms with Gasteiger partial charge in [-0.2, -0.15) is 5.10 Å². The summed E-state index contributed by atoms with van der Waals surface area (Å²) in [5.41, 5.74) is 4.50. The van der Waals surface area contributed by atoms with Gasteiger partial charge in [0, 0.05) is 12.8 Å². The summed E-state index contributed by atoms with van der Waals surface area (Å²) in [4.78, 5) is 2.10. The van der Waals surface area contributed by atoms with Crippen molar-refractivity contribution in [3.63, 3.8) is 0 Å². The van der Waals surface area contributed by atoms with Crippen LogP contribution in [0.3, 0.4) is 0 Å². The zero-order valence-electron chi connectivity index (χ0n) is 13.5. The Morgan fingerprint density at radius 1 is 0.870 bits per heavy atom. The first kappa shape index (κ1) is 15.4. The minimum atomic E-state index is 0.893. The molecule has 0 aliphatic heterocycles. The molecule has 0 saturated carbocycles. The van der Waals surface area contributed by atoms with Gasteiger partial charge >= 0.3 is 0 Å². The first-order valence-corrected chi connectivity index (χ1v) is 8.34. The molecule has 3 rings (SSSR count). The topological polar surface area (TPSA) is 29.6 Å². The average molecular weight is 321 g/mol. The van der Waals surface area contributed by atoms with Crippen LogP contribution in [-0.4, -0.2) is 10.3 Å². The third-order valence-corrected chi connectivity index (χ3v) is 4.62. The molecule has 0 aliphatic carbocycles. The van der Waals surface area contributed by atoms with Crippen LogP contribution in [0.4, 0.5) is 0 Å². The lowest BCUT2D eigenvalue weighted by molar-refractivity contribution is 0.863. The SMILES string of the molecule is CC(C)=N/N=c1\sc(-c2ccccc2)c(-c2ccccc2)n1C. The van der Waals surface area contributed by atoms with Gasteiger partial charge in [-0.1, -0.05) is 72.0 Å². The average Bonchev–Trinajstić information content (AvgIpc) is 2.91. The van der Waals surface area contributed by atoms with Crippen molar-refractivity contribution in [1.29, 1.82) is 0 Å². The van der Waals surface area contributed by atoms with Crippen molar-refractivity contribution in [1.82, 2.24) is 4.57 Å². The maximum absolute atomic E-state index is 4.41. The van der Waals surface area contributed by atoms with Gasteiger partial charge in [0.2, 0.25) is 4.80 Å². The molecule has 3 aromatic rings. The van der Waals surface area contributed by atoms with Crippen molar-refractivity contribution in [2.75, 3.05) is 0 Å². The van der Waals surface area contributed by atoms with Crippen LogP contribution in [0.15, 0.2) is 70.9 Å². The highest BCUT2D eigenvalue weighted by atomic mass is 32.1. The molecule has 1 aromatic heterocycles. The first-order chi connectivity index (χ1) is 11.2. The molecule has 0 N–H and O–H groups in total. The van der Waals surface area contributed by atoms with Crippen LogP contribution in [-0.2, 0) is 7.05 Å². The summed E-state index contributed by atoms with van der Waals surface area (Å²) in [5, 5.41) is 8.64. The second kappa shape index (κ2) is 6.75. The summed E-state index contributed by atoms with van der Waals surface area (Å²) in [5.74, 6) is 0. The molecular weight excluding hydrogens is 302 g/mol. The molecule has 116 valence electrons. The van der Waals surface area contributed by atoms with Crippen molar-refractivity contribution in [3.8, 4) is 21.7 Å². The van der Waals surface area contributed by atoms with Gasteiger partial charge in [-0.15, -0.1) is 5.10 Å². The molecule has 0 fully saturated rings. The predicted molar refractivity (Wildman–Crippen MR) is 98.5 cm³/mol. The summed E-state index contributed by atoms with van der Waals surface area (Å²) < 4.78 is 2.12. The fraction of sp³-hybridized carbons (Fsp3) is 0.158. The van der Waals surface area contributed by atoms with E-state index in [2.05, 4.69) is 63.3 Å². The molecule has 3 nitrogen and oxygen atoms in total. The predicted octanol–water partition coefficient (Wildman–Crippen LogP) is 4.72. The largest absolute Gasteiger partial charge is 0.318 e. The maximum Gasteiger partial charge on any atom is 0.211 e. The van der Waals surface area contributed by atoms with E-state index in [1.165, 1.54) is 21.7 Å². The number of aromatic nitrogens is 1. The third kappa shape index (κ3) is 3.32. The van der Waals surface area contributed by atoms with Gasteiger partial charge in [0.15, 0.2) is 0 Å². The van der Waals surface area contributed by atoms with Gasteiger partial charge in [0.1, 0.15) is 0 Å². The van der Waals surface area contributed by atoms with Gasteiger partial charge in [-0.05, 0) is 25.0 Å². The molecule has 0 bridgehead atoms. The van der Waals surface area contributed by atoms with E-state index in [1.807, 2.05) is 33.0 Å². The van der Waals surface area contributed by atoms with Crippen LogP contribution in [0.5, 0.6) is 0 Å². The highest BCUT2D eigenvalue weighted by Gasteiger charge is 2.14. The van der Waals surface area contributed by atoms with E-state index >= 15 is 0 Å². The van der Waals surface area contributed by atoms with E-state index in [4.69, 9.17) is 0 Å². The second-order valence-corrected chi connectivity index (χ2v) is 6.48. The summed E-state index contributed by atoms with van der Waals surface area (Å²) in [6.45, 7) is 3.90. The molecule has 0 unspecified atom stereocenters. The van der Waals surface area contributed by atoms with E-state index in [0.717, 1.165) is 10.5 Å². The van der Waals surface area contributed by atoms with Crippen molar-refractivity contribution in [2.45, 2.75) is 13.8 Å². The lowest BCUT2D eigenvalue weighted by Gasteiger charge is -2.07. The third-order valence-electron chi connectivity index (χ3n) is 3.45. The Kier molecular flexibility index (Phi) is 4.53. The summed E-state index contributed by atoms with van der Waals surface area (Å²) in [6.07, 6.45) is 0. The van der Waals surface area contributed by atoms with E-state index in [-0.39, 0.29) is 0 Å². The number of benzene rings is 2. The zero-order valence-corrected chi connectivity index (χ0v) is 14.3. The van der Waals surface area contributed by atoms with Gasteiger partial charge in [0.25, 0.3) is 0 Å². The van der Waals surface area contributed by atoms with Gasteiger partial charge in [-0.3, -0.25) is 0 Å². The van der Waals surface area contributed by atoms with Gasteiger partial charge in [0.05, 0.1) is 10.6 Å². The highest BCUT2D eigenvalue weighted by molar-refractivity contribution is 7.13. The number of thiazole rings is 1. The molecule has 0 aliphatic rings. The summed E-state index contributed by atoms with van der Waals surface area (Å²) in [7, 11) is 2.05. The monoisotopic (exact) mass is 321 g/mol. The van der Waals surface area contributed by atoms with Crippen molar-refractivity contribution < 1.29 is 0 Å². The quantitative estimate of drug-likeness (QED) is 0.494. The molecular formula is C19H19N3S. The summed E-state index contributed by atoms with van der Waals surface area (Å²) in [6, 6.07) is 20.9. The maximum atomic E-state index is 4.41. The van der Waals surface area contributed by atoms with E-state index in [9.17, 15) is 0 Å². The summed E-state index contributed by atoms with van der Waals surface area (Å²) >= 11 is 1.67. The van der Waals surface area contributed by atoms with Crippen LogP contribution in [0.1, 0.15) is 13.8 Å². The lowest BCUT2D eigenvalue weighted by atomic mass is 10.1. The first-order valence-electron chi connectivity index (χ1n) is 7.52. The van der Waals surface area contributed by atoms with E-state index < -0.39 is 0 Å². The second-order valence-electron chi connectivity index (χ2n) is 5.50. The normalized spacial score (nSPS) is 11.5. The molecule has 0 amide bonds. The molecule has 4 heteroatoms. The number of rotatable bonds is 3. The van der Waals surface area contributed by atoms with Crippen molar-refractivity contribution >= 4 is 17.0 Å². The van der Waals surface area contributed by atoms with Crippen LogP contribution < -0.4 is 4.80 Å². The Bertz CT molecular complexity index is 883. The molecule has 0 saturated heterocycles. The van der Waals surface area contributed by atoms with Crippen LogP contribution in [0, 0.1) is 0 Å². The van der Waals surface area contributed by atoms with Gasteiger partial charge in [-0.25, -0.2) is 0 Å². The molecule has 2 aromatic carbocycles. The van der Waals surface area contributed by atoms with Crippen molar-refractivity contribution in [3.05, 3.63) is 65.5 Å². The number of hydrogen-bond donors (Lipinski definition) is 0. The van der Waals surface area contributed by atoms with Crippen LogP contribution in [0.25, 0.3) is 21.7 Å². The zero-order chi connectivity index (χ0) is 16.2. The Labute approximate surface area is 140 Å². The molecule has 1 heterocycles. The van der Waals surface area contributed by atoms with Gasteiger partial charge < -0.3 is 4.57 Å². The minimum absolute atomic E-state index is 0.893. The number of nitrogens with zero attached hydrogens (tertiary/aromatic N) is 3. The smallest absolute Gasteiger partial charge is 0.211 e. The Hall–Kier alpha value is -2.46. The Morgan fingerprint density at radius 2 is 1.43 bits per heavy atom. The Morgan fingerprint density at radius 3 is 2.00 bits per heavy atom. The van der Waals surface area contributed by atoms with E-state index in [1.54, 1.807) is 11.3 Å². The highest BCUT2D eigenvalue weighted by Crippen LogP contribution is 2.33. The lowest BCUT2D eigenvalue weighted by Crippen LogP contribution is -2.10. The minimum Gasteiger partial charge on any atom is -0.318 e. The van der Waals surface area contributed by atoms with Crippen LogP contribution in [0.2, 0.25) is 0 Å². The number of hydrogen-bond acceptors (Lipinski definition) is 3. The fourth-order valence-corrected chi connectivity index (χ4v) is 3.49. The molecule has 0 atom stereocenters. The molecule has 23 heavy (non-hydrogen) atoms.